The van der Waals surface area contributed by atoms with Crippen molar-refractivity contribution in [2.45, 2.75) is 38.6 Å². The van der Waals surface area contributed by atoms with E-state index in [0.29, 0.717) is 5.56 Å². The van der Waals surface area contributed by atoms with Crippen LogP contribution in [0.15, 0.2) is 36.4 Å². The van der Waals surface area contributed by atoms with Gasteiger partial charge in [-0.25, -0.2) is 4.39 Å². The average molecular weight is 371 g/mol. The first-order valence-corrected chi connectivity index (χ1v) is 9.21. The van der Waals surface area contributed by atoms with Crippen molar-refractivity contribution in [3.05, 3.63) is 69.6 Å². The first-order valence-electron chi connectivity index (χ1n) is 8.83. The van der Waals surface area contributed by atoms with Gasteiger partial charge in [0.15, 0.2) is 0 Å². The number of hydrogen-bond acceptors (Lipinski definition) is 1. The molecule has 0 saturated heterocycles. The summed E-state index contributed by atoms with van der Waals surface area (Å²) in [7, 11) is 0. The Morgan fingerprint density at radius 3 is 2.96 bits per heavy atom. The molecule has 0 fully saturated rings. The SMILES string of the molecule is Cc1cc(Cl)cc2c3c([nH]c12)CC[C@H](NC(=O)Cc1ccccc1F)C3. The molecule has 3 aromatic rings. The zero-order valence-corrected chi connectivity index (χ0v) is 15.3. The highest BCUT2D eigenvalue weighted by Crippen LogP contribution is 2.33. The third kappa shape index (κ3) is 3.21. The van der Waals surface area contributed by atoms with Gasteiger partial charge >= 0.3 is 0 Å². The molecule has 4 rings (SSSR count). The van der Waals surface area contributed by atoms with Gasteiger partial charge in [0.2, 0.25) is 5.91 Å². The third-order valence-electron chi connectivity index (χ3n) is 5.13. The number of nitrogens with one attached hydrogen (secondary N) is 2. The van der Waals surface area contributed by atoms with E-state index in [1.165, 1.54) is 17.3 Å². The van der Waals surface area contributed by atoms with Crippen LogP contribution in [-0.4, -0.2) is 16.9 Å². The highest BCUT2D eigenvalue weighted by atomic mass is 35.5. The Kier molecular flexibility index (Phi) is 4.45. The molecule has 1 heterocycles. The molecule has 26 heavy (non-hydrogen) atoms. The van der Waals surface area contributed by atoms with Crippen molar-refractivity contribution in [1.82, 2.24) is 10.3 Å². The van der Waals surface area contributed by atoms with Crippen LogP contribution in [0.5, 0.6) is 0 Å². The predicted molar refractivity (Wildman–Crippen MR) is 102 cm³/mol. The van der Waals surface area contributed by atoms with Crippen molar-refractivity contribution in [2.24, 2.45) is 0 Å². The van der Waals surface area contributed by atoms with Gasteiger partial charge in [-0.15, -0.1) is 0 Å². The summed E-state index contributed by atoms with van der Waals surface area (Å²) in [5.74, 6) is -0.479. The van der Waals surface area contributed by atoms with Crippen LogP contribution in [0.25, 0.3) is 10.9 Å². The molecule has 0 unspecified atom stereocenters. The topological polar surface area (TPSA) is 44.9 Å². The Morgan fingerprint density at radius 2 is 2.15 bits per heavy atom. The lowest BCUT2D eigenvalue weighted by Crippen LogP contribution is -2.39. The van der Waals surface area contributed by atoms with E-state index in [9.17, 15) is 9.18 Å². The molecular weight excluding hydrogens is 351 g/mol. The number of benzene rings is 2. The van der Waals surface area contributed by atoms with Gasteiger partial charge in [-0.3, -0.25) is 4.79 Å². The number of carbonyl (C=O) groups is 1. The maximum Gasteiger partial charge on any atom is 0.224 e. The molecule has 1 amide bonds. The van der Waals surface area contributed by atoms with Gasteiger partial charge < -0.3 is 10.3 Å². The quantitative estimate of drug-likeness (QED) is 0.701. The molecule has 134 valence electrons. The number of aryl methyl sites for hydroxylation is 2. The summed E-state index contributed by atoms with van der Waals surface area (Å²) in [5.41, 5.74) is 5.13. The summed E-state index contributed by atoms with van der Waals surface area (Å²) in [6.45, 7) is 2.05. The molecule has 2 N–H and O–H groups in total. The Morgan fingerprint density at radius 1 is 1.35 bits per heavy atom. The molecule has 0 radical (unpaired) electrons. The summed E-state index contributed by atoms with van der Waals surface area (Å²) in [4.78, 5) is 15.9. The number of H-pyrrole nitrogens is 1. The van der Waals surface area contributed by atoms with E-state index in [-0.39, 0.29) is 24.2 Å². The molecule has 3 nitrogen and oxygen atoms in total. The second-order valence-corrected chi connectivity index (χ2v) is 7.44. The van der Waals surface area contributed by atoms with Crippen LogP contribution in [0.2, 0.25) is 5.02 Å². The van der Waals surface area contributed by atoms with Crippen molar-refractivity contribution in [2.75, 3.05) is 0 Å². The molecule has 1 aromatic heterocycles. The van der Waals surface area contributed by atoms with Crippen LogP contribution in [0.3, 0.4) is 0 Å². The highest BCUT2D eigenvalue weighted by molar-refractivity contribution is 6.31. The standard InChI is InChI=1S/C21H20ClFN2O/c1-12-8-14(22)10-17-16-11-15(6-7-19(16)25-21(12)17)24-20(26)9-13-4-2-3-5-18(13)23/h2-5,8,10,15,25H,6-7,9,11H2,1H3,(H,24,26)/t15-/m0/s1. The van der Waals surface area contributed by atoms with Crippen molar-refractivity contribution >= 4 is 28.4 Å². The molecule has 0 saturated carbocycles. The number of aromatic amines is 1. The summed E-state index contributed by atoms with van der Waals surface area (Å²) < 4.78 is 13.7. The van der Waals surface area contributed by atoms with Gasteiger partial charge in [0, 0.05) is 27.7 Å². The monoisotopic (exact) mass is 370 g/mol. The zero-order valence-electron chi connectivity index (χ0n) is 14.5. The lowest BCUT2D eigenvalue weighted by atomic mass is 9.91. The van der Waals surface area contributed by atoms with E-state index in [1.54, 1.807) is 18.2 Å². The largest absolute Gasteiger partial charge is 0.358 e. The molecule has 5 heteroatoms. The summed E-state index contributed by atoms with van der Waals surface area (Å²) in [6, 6.07) is 10.4. The number of carbonyl (C=O) groups excluding carboxylic acids is 1. The molecule has 0 aliphatic heterocycles. The Balaban J connectivity index is 1.51. The van der Waals surface area contributed by atoms with E-state index < -0.39 is 0 Å². The van der Waals surface area contributed by atoms with Crippen LogP contribution in [-0.2, 0) is 24.1 Å². The van der Waals surface area contributed by atoms with Crippen LogP contribution >= 0.6 is 11.6 Å². The van der Waals surface area contributed by atoms with Gasteiger partial charge in [0.1, 0.15) is 5.82 Å². The fourth-order valence-corrected chi connectivity index (χ4v) is 4.14. The minimum absolute atomic E-state index is 0.0556. The number of amides is 1. The normalized spacial score (nSPS) is 16.5. The highest BCUT2D eigenvalue weighted by Gasteiger charge is 2.24. The van der Waals surface area contributed by atoms with E-state index in [4.69, 9.17) is 11.6 Å². The first kappa shape index (κ1) is 17.1. The van der Waals surface area contributed by atoms with Crippen molar-refractivity contribution in [1.29, 1.82) is 0 Å². The van der Waals surface area contributed by atoms with Crippen molar-refractivity contribution in [3.8, 4) is 0 Å². The maximum absolute atomic E-state index is 13.7. The van der Waals surface area contributed by atoms with Gasteiger partial charge in [-0.2, -0.15) is 0 Å². The molecular formula is C21H20ClFN2O. The molecule has 1 aliphatic rings. The van der Waals surface area contributed by atoms with Crippen LogP contribution in [0, 0.1) is 12.7 Å². The Bertz CT molecular complexity index is 995. The second kappa shape index (κ2) is 6.76. The van der Waals surface area contributed by atoms with Gasteiger partial charge in [0.05, 0.1) is 6.42 Å². The minimum atomic E-state index is -0.338. The van der Waals surface area contributed by atoms with E-state index in [0.717, 1.165) is 40.8 Å². The second-order valence-electron chi connectivity index (χ2n) is 7.00. The lowest BCUT2D eigenvalue weighted by molar-refractivity contribution is -0.121. The number of aromatic nitrogens is 1. The average Bonchev–Trinajstić information content (AvgIpc) is 2.95. The smallest absolute Gasteiger partial charge is 0.224 e. The zero-order chi connectivity index (χ0) is 18.3. The molecule has 0 spiro atoms. The summed E-state index contributed by atoms with van der Waals surface area (Å²) >= 11 is 6.23. The van der Waals surface area contributed by atoms with Gasteiger partial charge in [-0.1, -0.05) is 29.8 Å². The lowest BCUT2D eigenvalue weighted by Gasteiger charge is -2.23. The number of halogens is 2. The van der Waals surface area contributed by atoms with Crippen LogP contribution < -0.4 is 5.32 Å². The van der Waals surface area contributed by atoms with Crippen molar-refractivity contribution in [3.63, 3.8) is 0 Å². The Labute approximate surface area is 156 Å². The number of fused-ring (bicyclic) bond motifs is 3. The fraction of sp³-hybridized carbons (Fsp3) is 0.286. The fourth-order valence-electron chi connectivity index (χ4n) is 3.87. The number of rotatable bonds is 3. The van der Waals surface area contributed by atoms with E-state index in [1.807, 2.05) is 19.1 Å². The third-order valence-corrected chi connectivity index (χ3v) is 5.35. The van der Waals surface area contributed by atoms with Crippen LogP contribution in [0.4, 0.5) is 4.39 Å². The Hall–Kier alpha value is -2.33. The molecule has 2 aromatic carbocycles. The molecule has 1 atom stereocenters. The van der Waals surface area contributed by atoms with E-state index in [2.05, 4.69) is 10.3 Å². The molecule has 1 aliphatic carbocycles. The number of hydrogen-bond donors (Lipinski definition) is 2. The van der Waals surface area contributed by atoms with Crippen molar-refractivity contribution < 1.29 is 9.18 Å². The summed E-state index contributed by atoms with van der Waals surface area (Å²) in [6.07, 6.45) is 2.58. The van der Waals surface area contributed by atoms with Crippen LogP contribution in [0.1, 0.15) is 28.8 Å². The minimum Gasteiger partial charge on any atom is -0.358 e. The summed E-state index contributed by atoms with van der Waals surface area (Å²) in [5, 5.41) is 4.93. The molecule has 0 bridgehead atoms. The van der Waals surface area contributed by atoms with Gasteiger partial charge in [0.25, 0.3) is 0 Å². The van der Waals surface area contributed by atoms with Gasteiger partial charge in [-0.05, 0) is 61.1 Å². The van der Waals surface area contributed by atoms with E-state index >= 15 is 0 Å². The predicted octanol–water partition coefficient (Wildman–Crippen LogP) is 4.49. The first-order chi connectivity index (χ1) is 12.5. The maximum atomic E-state index is 13.7.